The molecule has 2 aromatic carbocycles. The number of amides is 1. The van der Waals surface area contributed by atoms with E-state index in [2.05, 4.69) is 16.9 Å². The maximum atomic E-state index is 12.7. The highest BCUT2D eigenvalue weighted by Crippen LogP contribution is 2.26. The number of hydrogen-bond donors (Lipinski definition) is 1. The van der Waals surface area contributed by atoms with Crippen LogP contribution in [0, 0.1) is 0 Å². The molecular formula is C20H17F2N3O2S2. The van der Waals surface area contributed by atoms with E-state index in [-0.39, 0.29) is 23.8 Å². The summed E-state index contributed by atoms with van der Waals surface area (Å²) in [7, 11) is 0. The molecule has 0 aliphatic rings. The van der Waals surface area contributed by atoms with Gasteiger partial charge < -0.3 is 5.32 Å². The van der Waals surface area contributed by atoms with Crippen LogP contribution >= 0.6 is 23.5 Å². The highest BCUT2D eigenvalue weighted by molar-refractivity contribution is 8.00. The van der Waals surface area contributed by atoms with Crippen LogP contribution in [0.2, 0.25) is 0 Å². The van der Waals surface area contributed by atoms with E-state index in [4.69, 9.17) is 0 Å². The van der Waals surface area contributed by atoms with Gasteiger partial charge in [0.15, 0.2) is 5.16 Å². The van der Waals surface area contributed by atoms with Crippen LogP contribution in [0.25, 0.3) is 10.9 Å². The molecular weight excluding hydrogens is 416 g/mol. The van der Waals surface area contributed by atoms with E-state index in [0.717, 1.165) is 11.8 Å². The monoisotopic (exact) mass is 433 g/mol. The van der Waals surface area contributed by atoms with E-state index in [1.807, 2.05) is 0 Å². The van der Waals surface area contributed by atoms with Crippen molar-refractivity contribution in [1.82, 2.24) is 9.55 Å². The largest absolute Gasteiger partial charge is 0.325 e. The summed E-state index contributed by atoms with van der Waals surface area (Å²) in [5, 5.41) is 3.63. The number of fused-ring (bicyclic) bond motifs is 1. The minimum absolute atomic E-state index is 0.0372. The molecule has 0 bridgehead atoms. The summed E-state index contributed by atoms with van der Waals surface area (Å²) in [5.74, 6) is -2.75. The molecule has 0 atom stereocenters. The number of anilines is 1. The van der Waals surface area contributed by atoms with Crippen molar-refractivity contribution < 1.29 is 13.6 Å². The van der Waals surface area contributed by atoms with Crippen LogP contribution in [0.4, 0.5) is 14.5 Å². The zero-order valence-corrected chi connectivity index (χ0v) is 16.8. The predicted molar refractivity (Wildman–Crippen MR) is 114 cm³/mol. The molecule has 0 unspecified atom stereocenters. The molecule has 150 valence electrons. The van der Waals surface area contributed by atoms with Crippen molar-refractivity contribution in [3.05, 3.63) is 71.5 Å². The summed E-state index contributed by atoms with van der Waals surface area (Å²) in [6, 6.07) is 13.2. The first-order valence-electron chi connectivity index (χ1n) is 8.56. The Bertz CT molecular complexity index is 1090. The zero-order valence-electron chi connectivity index (χ0n) is 15.2. The van der Waals surface area contributed by atoms with Gasteiger partial charge in [-0.1, -0.05) is 41.7 Å². The molecule has 1 amide bonds. The number of halogens is 2. The Kier molecular flexibility index (Phi) is 7.05. The van der Waals surface area contributed by atoms with Crippen molar-refractivity contribution >= 4 is 46.0 Å². The maximum absolute atomic E-state index is 12.7. The number of nitrogens with one attached hydrogen (secondary N) is 1. The van der Waals surface area contributed by atoms with Crippen LogP contribution in [0.1, 0.15) is 0 Å². The molecule has 1 heterocycles. The van der Waals surface area contributed by atoms with E-state index < -0.39 is 5.76 Å². The lowest BCUT2D eigenvalue weighted by atomic mass is 10.2. The summed E-state index contributed by atoms with van der Waals surface area (Å²) in [5.41, 5.74) is 0.877. The number of carbonyl (C=O) groups is 1. The Morgan fingerprint density at radius 3 is 2.62 bits per heavy atom. The second-order valence-corrected chi connectivity index (χ2v) is 7.86. The summed E-state index contributed by atoms with van der Waals surface area (Å²) < 4.78 is 26.2. The number of carbonyl (C=O) groups excluding carboxylic acids is 1. The number of allylic oxidation sites excluding steroid dienone is 1. The lowest BCUT2D eigenvalue weighted by molar-refractivity contribution is -0.113. The number of nitrogens with zero attached hydrogens (tertiary/aromatic N) is 2. The van der Waals surface area contributed by atoms with Gasteiger partial charge in [-0.15, -0.1) is 6.58 Å². The molecule has 0 spiro atoms. The number of alkyl halides is 2. The van der Waals surface area contributed by atoms with Crippen molar-refractivity contribution in [2.24, 2.45) is 0 Å². The smallest absolute Gasteiger partial charge is 0.288 e. The molecule has 0 radical (unpaired) electrons. The average Bonchev–Trinajstić information content (AvgIpc) is 2.70. The lowest BCUT2D eigenvalue weighted by Gasteiger charge is -2.11. The predicted octanol–water partition coefficient (Wildman–Crippen LogP) is 4.63. The van der Waals surface area contributed by atoms with E-state index in [9.17, 15) is 18.4 Å². The van der Waals surface area contributed by atoms with Crippen molar-refractivity contribution in [3.8, 4) is 0 Å². The fourth-order valence-electron chi connectivity index (χ4n) is 2.59. The quantitative estimate of drug-likeness (QED) is 0.319. The molecule has 1 aromatic heterocycles. The number of hydrogen-bond acceptors (Lipinski definition) is 5. The topological polar surface area (TPSA) is 64.0 Å². The molecule has 0 saturated heterocycles. The van der Waals surface area contributed by atoms with E-state index in [1.165, 1.54) is 16.7 Å². The van der Waals surface area contributed by atoms with Crippen molar-refractivity contribution in [2.45, 2.75) is 22.4 Å². The Morgan fingerprint density at radius 1 is 1.21 bits per heavy atom. The number of aromatic nitrogens is 2. The van der Waals surface area contributed by atoms with Gasteiger partial charge in [-0.2, -0.15) is 8.78 Å². The van der Waals surface area contributed by atoms with Gasteiger partial charge in [0.25, 0.3) is 11.3 Å². The van der Waals surface area contributed by atoms with Crippen LogP contribution in [0.5, 0.6) is 0 Å². The maximum Gasteiger partial charge on any atom is 0.288 e. The van der Waals surface area contributed by atoms with Gasteiger partial charge in [-0.05, 0) is 36.4 Å². The van der Waals surface area contributed by atoms with Crippen LogP contribution in [0.3, 0.4) is 0 Å². The molecule has 0 aliphatic heterocycles. The third-order valence-corrected chi connectivity index (χ3v) is 5.53. The van der Waals surface area contributed by atoms with Gasteiger partial charge in [0.05, 0.1) is 16.7 Å². The van der Waals surface area contributed by atoms with Crippen LogP contribution in [-0.4, -0.2) is 27.0 Å². The Morgan fingerprint density at radius 2 is 1.93 bits per heavy atom. The van der Waals surface area contributed by atoms with Crippen LogP contribution in [0.15, 0.2) is 76.0 Å². The molecule has 9 heteroatoms. The molecule has 3 aromatic rings. The third kappa shape index (κ3) is 5.45. The minimum Gasteiger partial charge on any atom is -0.325 e. The second-order valence-electron chi connectivity index (χ2n) is 5.86. The fraction of sp³-hybridized carbons (Fsp3) is 0.150. The number of benzene rings is 2. The normalized spacial score (nSPS) is 11.0. The first kappa shape index (κ1) is 21.1. The van der Waals surface area contributed by atoms with Crippen molar-refractivity contribution in [1.29, 1.82) is 0 Å². The van der Waals surface area contributed by atoms with Gasteiger partial charge in [-0.25, -0.2) is 4.98 Å². The molecule has 1 N–H and O–H groups in total. The SMILES string of the molecule is C=CCn1c(SCC(=O)Nc2ccc(SC(F)F)cc2)nc2ccccc2c1=O. The summed E-state index contributed by atoms with van der Waals surface area (Å²) in [6.45, 7) is 3.95. The first-order valence-corrected chi connectivity index (χ1v) is 10.4. The Hall–Kier alpha value is -2.65. The second kappa shape index (κ2) is 9.71. The number of rotatable bonds is 8. The lowest BCUT2D eigenvalue weighted by Crippen LogP contribution is -2.23. The van der Waals surface area contributed by atoms with E-state index in [1.54, 1.807) is 42.5 Å². The molecule has 0 aliphatic carbocycles. The molecule has 29 heavy (non-hydrogen) atoms. The molecule has 3 rings (SSSR count). The van der Waals surface area contributed by atoms with Gasteiger partial charge in [-0.3, -0.25) is 14.2 Å². The summed E-state index contributed by atoms with van der Waals surface area (Å²) in [4.78, 5) is 29.9. The van der Waals surface area contributed by atoms with E-state index >= 15 is 0 Å². The third-order valence-electron chi connectivity index (χ3n) is 3.83. The highest BCUT2D eigenvalue weighted by Gasteiger charge is 2.13. The Balaban J connectivity index is 1.71. The molecule has 0 saturated carbocycles. The van der Waals surface area contributed by atoms with Crippen molar-refractivity contribution in [3.63, 3.8) is 0 Å². The van der Waals surface area contributed by atoms with Crippen LogP contribution < -0.4 is 10.9 Å². The molecule has 5 nitrogen and oxygen atoms in total. The Labute approximate surface area is 174 Å². The van der Waals surface area contributed by atoms with Gasteiger partial charge in [0, 0.05) is 17.1 Å². The number of thioether (sulfide) groups is 2. The van der Waals surface area contributed by atoms with Crippen LogP contribution in [-0.2, 0) is 11.3 Å². The summed E-state index contributed by atoms with van der Waals surface area (Å²) in [6.07, 6.45) is 1.60. The average molecular weight is 434 g/mol. The first-order chi connectivity index (χ1) is 14.0. The highest BCUT2D eigenvalue weighted by atomic mass is 32.2. The minimum atomic E-state index is -2.49. The summed E-state index contributed by atoms with van der Waals surface area (Å²) >= 11 is 1.59. The van der Waals surface area contributed by atoms with Crippen molar-refractivity contribution in [2.75, 3.05) is 11.1 Å². The zero-order chi connectivity index (χ0) is 20.8. The van der Waals surface area contributed by atoms with Gasteiger partial charge in [0.1, 0.15) is 0 Å². The number of para-hydroxylation sites is 1. The van der Waals surface area contributed by atoms with Gasteiger partial charge in [0.2, 0.25) is 5.91 Å². The fourth-order valence-corrected chi connectivity index (χ4v) is 3.90. The van der Waals surface area contributed by atoms with Gasteiger partial charge >= 0.3 is 0 Å². The standard InChI is InChI=1S/C20H17F2N3O2S2/c1-2-11-25-18(27)15-5-3-4-6-16(15)24-20(25)28-12-17(26)23-13-7-9-14(10-8-13)29-19(21)22/h2-10,19H,1,11-12H2,(H,23,26). The van der Waals surface area contributed by atoms with E-state index in [0.29, 0.717) is 38.4 Å². The molecule has 0 fully saturated rings.